The molecule has 2 rings (SSSR count). The van der Waals surface area contributed by atoms with Gasteiger partial charge in [0.05, 0.1) is 5.56 Å². The first kappa shape index (κ1) is 15.0. The molecule has 0 unspecified atom stereocenters. The summed E-state index contributed by atoms with van der Waals surface area (Å²) in [5.41, 5.74) is 1.36. The molecule has 0 spiro atoms. The highest BCUT2D eigenvalue weighted by molar-refractivity contribution is 9.10. The van der Waals surface area contributed by atoms with E-state index in [1.54, 1.807) is 18.0 Å². The molecule has 104 valence electrons. The maximum absolute atomic E-state index is 13.0. The molecule has 5 heteroatoms. The quantitative estimate of drug-likeness (QED) is 0.792. The molecular weight excluding hydrogens is 345 g/mol. The molecule has 0 aromatic heterocycles. The second-order valence-corrected chi connectivity index (χ2v) is 5.71. The Labute approximate surface area is 130 Å². The van der Waals surface area contributed by atoms with Gasteiger partial charge in [0.15, 0.2) is 0 Å². The topological polar surface area (TPSA) is 20.3 Å². The highest BCUT2D eigenvalue weighted by Gasteiger charge is 2.15. The Balaban J connectivity index is 2.16. The maximum atomic E-state index is 13.0. The van der Waals surface area contributed by atoms with E-state index < -0.39 is 0 Å². The lowest BCUT2D eigenvalue weighted by Crippen LogP contribution is -2.26. The molecule has 0 saturated carbocycles. The number of nitrogens with zero attached hydrogens (tertiary/aromatic N) is 1. The normalized spacial score (nSPS) is 10.4. The van der Waals surface area contributed by atoms with Crippen LogP contribution in [0.25, 0.3) is 0 Å². The first-order valence-electron chi connectivity index (χ1n) is 5.92. The van der Waals surface area contributed by atoms with E-state index in [2.05, 4.69) is 15.9 Å². The van der Waals surface area contributed by atoms with Gasteiger partial charge in [-0.25, -0.2) is 4.39 Å². The van der Waals surface area contributed by atoms with E-state index in [-0.39, 0.29) is 11.7 Å². The summed E-state index contributed by atoms with van der Waals surface area (Å²) in [6.07, 6.45) is 0. The molecule has 20 heavy (non-hydrogen) atoms. The van der Waals surface area contributed by atoms with Crippen LogP contribution in [0, 0.1) is 5.82 Å². The second-order valence-electron chi connectivity index (χ2n) is 4.42. The van der Waals surface area contributed by atoms with Crippen LogP contribution in [-0.2, 0) is 6.54 Å². The summed E-state index contributed by atoms with van der Waals surface area (Å²) in [5, 5.41) is 0.631. The fourth-order valence-corrected chi connectivity index (χ4v) is 2.58. The van der Waals surface area contributed by atoms with E-state index in [0.717, 1.165) is 5.56 Å². The van der Waals surface area contributed by atoms with Crippen molar-refractivity contribution in [1.29, 1.82) is 0 Å². The zero-order valence-electron chi connectivity index (χ0n) is 10.7. The summed E-state index contributed by atoms with van der Waals surface area (Å²) in [4.78, 5) is 13.9. The molecule has 2 nitrogen and oxygen atoms in total. The molecule has 0 aliphatic heterocycles. The number of amides is 1. The fraction of sp³-hybridized carbons (Fsp3) is 0.133. The van der Waals surface area contributed by atoms with E-state index in [1.165, 1.54) is 18.2 Å². The fourth-order valence-electron chi connectivity index (χ4n) is 1.85. The summed E-state index contributed by atoms with van der Waals surface area (Å²) in [7, 11) is 1.69. The molecule has 0 fully saturated rings. The first-order valence-corrected chi connectivity index (χ1v) is 7.09. The minimum absolute atomic E-state index is 0.183. The zero-order chi connectivity index (χ0) is 14.7. The number of carbonyl (C=O) groups is 1. The van der Waals surface area contributed by atoms with Gasteiger partial charge in [-0.15, -0.1) is 0 Å². The van der Waals surface area contributed by atoms with E-state index in [4.69, 9.17) is 11.6 Å². The molecule has 0 bridgehead atoms. The van der Waals surface area contributed by atoms with Crippen molar-refractivity contribution in [2.45, 2.75) is 6.54 Å². The Morgan fingerprint density at radius 3 is 2.70 bits per heavy atom. The smallest absolute Gasteiger partial charge is 0.255 e. The van der Waals surface area contributed by atoms with E-state index in [1.807, 2.05) is 18.2 Å². The third-order valence-electron chi connectivity index (χ3n) is 2.82. The minimum atomic E-state index is -0.383. The predicted octanol–water partition coefficient (Wildman–Crippen LogP) is 4.51. The number of carbonyl (C=O) groups excluding carboxylic acids is 1. The predicted molar refractivity (Wildman–Crippen MR) is 81.3 cm³/mol. The molecule has 0 N–H and O–H groups in total. The van der Waals surface area contributed by atoms with Crippen molar-refractivity contribution in [2.75, 3.05) is 7.05 Å². The average Bonchev–Trinajstić information content (AvgIpc) is 2.38. The van der Waals surface area contributed by atoms with E-state index in [0.29, 0.717) is 21.6 Å². The van der Waals surface area contributed by atoms with Crippen molar-refractivity contribution in [3.63, 3.8) is 0 Å². The third kappa shape index (κ3) is 3.58. The van der Waals surface area contributed by atoms with Crippen LogP contribution in [0.1, 0.15) is 15.9 Å². The van der Waals surface area contributed by atoms with Gasteiger partial charge in [0.25, 0.3) is 5.91 Å². The summed E-state index contributed by atoms with van der Waals surface area (Å²) in [6, 6.07) is 11.3. The van der Waals surface area contributed by atoms with Crippen molar-refractivity contribution < 1.29 is 9.18 Å². The van der Waals surface area contributed by atoms with Gasteiger partial charge < -0.3 is 4.90 Å². The van der Waals surface area contributed by atoms with Crippen LogP contribution in [0.2, 0.25) is 5.02 Å². The van der Waals surface area contributed by atoms with Crippen LogP contribution in [-0.4, -0.2) is 17.9 Å². The lowest BCUT2D eigenvalue weighted by molar-refractivity contribution is 0.0784. The van der Waals surface area contributed by atoms with Crippen molar-refractivity contribution >= 4 is 33.4 Å². The molecule has 2 aromatic rings. The van der Waals surface area contributed by atoms with Crippen LogP contribution >= 0.6 is 27.5 Å². The molecule has 2 aromatic carbocycles. The number of benzene rings is 2. The molecule has 0 saturated heterocycles. The van der Waals surface area contributed by atoms with Gasteiger partial charge in [-0.3, -0.25) is 4.79 Å². The van der Waals surface area contributed by atoms with Gasteiger partial charge in [-0.2, -0.15) is 0 Å². The summed E-state index contributed by atoms with van der Waals surface area (Å²) in [5.74, 6) is -0.567. The third-order valence-corrected chi connectivity index (χ3v) is 3.71. The molecule has 0 aliphatic rings. The van der Waals surface area contributed by atoms with Crippen molar-refractivity contribution in [1.82, 2.24) is 4.90 Å². The monoisotopic (exact) mass is 355 g/mol. The number of hydrogen-bond acceptors (Lipinski definition) is 1. The van der Waals surface area contributed by atoms with Crippen LogP contribution in [0.4, 0.5) is 4.39 Å². The second kappa shape index (κ2) is 6.37. The van der Waals surface area contributed by atoms with Crippen molar-refractivity contribution in [2.24, 2.45) is 0 Å². The largest absolute Gasteiger partial charge is 0.337 e. The Kier molecular flexibility index (Phi) is 4.78. The van der Waals surface area contributed by atoms with Gasteiger partial charge in [-0.1, -0.05) is 23.7 Å². The van der Waals surface area contributed by atoms with Gasteiger partial charge in [-0.05, 0) is 51.8 Å². The molecular formula is C15H12BrClFNO. The average molecular weight is 357 g/mol. The van der Waals surface area contributed by atoms with Crippen molar-refractivity contribution in [3.8, 4) is 0 Å². The maximum Gasteiger partial charge on any atom is 0.255 e. The Hall–Kier alpha value is -1.39. The highest BCUT2D eigenvalue weighted by atomic mass is 79.9. The lowest BCUT2D eigenvalue weighted by atomic mass is 10.1. The van der Waals surface area contributed by atoms with E-state index in [9.17, 15) is 9.18 Å². The number of halogens is 3. The summed E-state index contributed by atoms with van der Waals surface area (Å²) in [6.45, 7) is 0.434. The Morgan fingerprint density at radius 2 is 2.05 bits per heavy atom. The minimum Gasteiger partial charge on any atom is -0.337 e. The Morgan fingerprint density at radius 1 is 1.30 bits per heavy atom. The first-order chi connectivity index (χ1) is 9.47. The van der Waals surface area contributed by atoms with Crippen LogP contribution in [0.15, 0.2) is 46.9 Å². The molecule has 0 heterocycles. The van der Waals surface area contributed by atoms with Gasteiger partial charge in [0.1, 0.15) is 5.82 Å². The van der Waals surface area contributed by atoms with Crippen LogP contribution in [0.3, 0.4) is 0 Å². The summed E-state index contributed by atoms with van der Waals surface area (Å²) < 4.78 is 13.5. The standard InChI is InChI=1S/C15H12BrClFNO/c1-19(9-10-3-2-4-11(17)7-10)15(20)13-6-5-12(18)8-14(13)16/h2-8H,9H2,1H3. The lowest BCUT2D eigenvalue weighted by Gasteiger charge is -2.18. The van der Waals surface area contributed by atoms with Gasteiger partial charge in [0.2, 0.25) is 0 Å². The molecule has 0 aliphatic carbocycles. The van der Waals surface area contributed by atoms with E-state index >= 15 is 0 Å². The SMILES string of the molecule is CN(Cc1cccc(Cl)c1)C(=O)c1ccc(F)cc1Br. The van der Waals surface area contributed by atoms with Gasteiger partial charge >= 0.3 is 0 Å². The molecule has 0 radical (unpaired) electrons. The number of rotatable bonds is 3. The Bertz CT molecular complexity index is 648. The number of hydrogen-bond donors (Lipinski definition) is 0. The highest BCUT2D eigenvalue weighted by Crippen LogP contribution is 2.20. The van der Waals surface area contributed by atoms with Gasteiger partial charge in [0, 0.05) is 23.1 Å². The molecule has 1 amide bonds. The van der Waals surface area contributed by atoms with Crippen molar-refractivity contribution in [3.05, 3.63) is 68.9 Å². The summed E-state index contributed by atoms with van der Waals surface area (Å²) >= 11 is 9.12. The molecule has 0 atom stereocenters. The van der Waals surface area contributed by atoms with Crippen LogP contribution < -0.4 is 0 Å². The zero-order valence-corrected chi connectivity index (χ0v) is 13.1. The van der Waals surface area contributed by atoms with Crippen LogP contribution in [0.5, 0.6) is 0 Å².